The van der Waals surface area contributed by atoms with Crippen molar-refractivity contribution < 1.29 is 27.5 Å². The van der Waals surface area contributed by atoms with Gasteiger partial charge in [-0.25, -0.2) is 8.42 Å². The molecule has 0 aliphatic rings. The summed E-state index contributed by atoms with van der Waals surface area (Å²) in [5.41, 5.74) is 1.47. The number of benzene rings is 3. The van der Waals surface area contributed by atoms with Gasteiger partial charge >= 0.3 is 0 Å². The molecule has 0 heterocycles. The Labute approximate surface area is 249 Å². The van der Waals surface area contributed by atoms with Crippen LogP contribution in [0, 0.1) is 6.92 Å². The predicted octanol–water partition coefficient (Wildman–Crippen LogP) is 4.93. The van der Waals surface area contributed by atoms with Crippen LogP contribution in [0.2, 0.25) is 0 Å². The maximum Gasteiger partial charge on any atom is 0.264 e. The van der Waals surface area contributed by atoms with Crippen LogP contribution in [-0.4, -0.2) is 57.0 Å². The molecule has 0 aliphatic carbocycles. The van der Waals surface area contributed by atoms with Gasteiger partial charge in [-0.05, 0) is 95.6 Å². The highest BCUT2D eigenvalue weighted by atomic mass is 32.2. The van der Waals surface area contributed by atoms with E-state index in [4.69, 9.17) is 9.47 Å². The summed E-state index contributed by atoms with van der Waals surface area (Å²) in [7, 11) is -2.63. The molecule has 0 bridgehead atoms. The number of rotatable bonds is 12. The lowest BCUT2D eigenvalue weighted by atomic mass is 10.1. The third kappa shape index (κ3) is 8.48. The number of hydrogen-bond acceptors (Lipinski definition) is 6. The zero-order chi connectivity index (χ0) is 31.1. The minimum absolute atomic E-state index is 0.0113. The van der Waals surface area contributed by atoms with Crippen LogP contribution >= 0.6 is 0 Å². The number of hydrogen-bond donors (Lipinski definition) is 1. The molecule has 0 saturated heterocycles. The molecule has 0 aromatic heterocycles. The Morgan fingerprint density at radius 2 is 1.60 bits per heavy atom. The number of nitrogens with zero attached hydrogens (tertiary/aromatic N) is 2. The molecule has 42 heavy (non-hydrogen) atoms. The third-order valence-corrected chi connectivity index (χ3v) is 8.26. The minimum atomic E-state index is -4.18. The molecule has 0 spiro atoms. The Balaban J connectivity index is 2.03. The maximum absolute atomic E-state index is 14.1. The number of anilines is 1. The number of ether oxygens (including phenoxy) is 2. The van der Waals surface area contributed by atoms with Crippen LogP contribution in [0.25, 0.3) is 0 Å². The Bertz CT molecular complexity index is 1470. The van der Waals surface area contributed by atoms with Gasteiger partial charge in [0.15, 0.2) is 0 Å². The second-order valence-electron chi connectivity index (χ2n) is 11.0. The van der Waals surface area contributed by atoms with Crippen LogP contribution < -0.4 is 19.1 Å². The summed E-state index contributed by atoms with van der Waals surface area (Å²) in [6, 6.07) is 19.3. The summed E-state index contributed by atoms with van der Waals surface area (Å²) in [4.78, 5) is 28.7. The Morgan fingerprint density at radius 3 is 2.17 bits per heavy atom. The molecule has 0 aliphatic heterocycles. The summed E-state index contributed by atoms with van der Waals surface area (Å²) in [5, 5.41) is 2.92. The normalized spacial score (nSPS) is 12.3. The third-order valence-electron chi connectivity index (χ3n) is 6.48. The highest BCUT2D eigenvalue weighted by Gasteiger charge is 2.33. The zero-order valence-electron chi connectivity index (χ0n) is 25.4. The molecular weight excluding hydrogens is 554 g/mol. The zero-order valence-corrected chi connectivity index (χ0v) is 26.2. The first-order valence-electron chi connectivity index (χ1n) is 13.8. The van der Waals surface area contributed by atoms with Crippen LogP contribution in [0.1, 0.15) is 45.7 Å². The van der Waals surface area contributed by atoms with Gasteiger partial charge in [-0.2, -0.15) is 0 Å². The van der Waals surface area contributed by atoms with E-state index in [1.807, 2.05) is 40.7 Å². The molecule has 0 unspecified atom stereocenters. The lowest BCUT2D eigenvalue weighted by Crippen LogP contribution is -2.54. The molecule has 0 radical (unpaired) electrons. The predicted molar refractivity (Wildman–Crippen MR) is 164 cm³/mol. The maximum atomic E-state index is 14.1. The van der Waals surface area contributed by atoms with Gasteiger partial charge in [-0.15, -0.1) is 0 Å². The Kier molecular flexibility index (Phi) is 10.6. The monoisotopic (exact) mass is 595 g/mol. The average molecular weight is 596 g/mol. The summed E-state index contributed by atoms with van der Waals surface area (Å²) < 4.78 is 39.9. The van der Waals surface area contributed by atoms with E-state index >= 15 is 0 Å². The van der Waals surface area contributed by atoms with Crippen LogP contribution in [-0.2, 0) is 26.2 Å². The molecule has 226 valence electrons. The van der Waals surface area contributed by atoms with Crippen LogP contribution in [0.5, 0.6) is 11.5 Å². The van der Waals surface area contributed by atoms with E-state index in [0.29, 0.717) is 23.8 Å². The number of carbonyl (C=O) groups excluding carboxylic acids is 2. The van der Waals surface area contributed by atoms with Crippen molar-refractivity contribution in [2.75, 3.05) is 24.6 Å². The number of aryl methyl sites for hydroxylation is 1. The summed E-state index contributed by atoms with van der Waals surface area (Å²) >= 11 is 0. The van der Waals surface area contributed by atoms with E-state index in [0.717, 1.165) is 15.4 Å². The van der Waals surface area contributed by atoms with Crippen LogP contribution in [0.15, 0.2) is 77.7 Å². The summed E-state index contributed by atoms with van der Waals surface area (Å²) in [6.45, 7) is 10.9. The molecule has 0 fully saturated rings. The number of carbonyl (C=O) groups is 2. The average Bonchev–Trinajstić information content (AvgIpc) is 2.94. The molecule has 9 nitrogen and oxygen atoms in total. The van der Waals surface area contributed by atoms with Gasteiger partial charge in [-0.1, -0.05) is 29.8 Å². The number of amides is 2. The quantitative estimate of drug-likeness (QED) is 0.318. The molecule has 3 rings (SSSR count). The molecule has 10 heteroatoms. The lowest BCUT2D eigenvalue weighted by molar-refractivity contribution is -0.140. The highest BCUT2D eigenvalue weighted by molar-refractivity contribution is 7.92. The van der Waals surface area contributed by atoms with Gasteiger partial charge in [0.2, 0.25) is 11.8 Å². The van der Waals surface area contributed by atoms with Gasteiger partial charge < -0.3 is 19.7 Å². The summed E-state index contributed by atoms with van der Waals surface area (Å²) in [5.74, 6) is 0.253. The molecule has 1 N–H and O–H groups in total. The van der Waals surface area contributed by atoms with Crippen LogP contribution in [0.4, 0.5) is 5.69 Å². The standard InChI is InChI=1S/C32H41N3O6S/c1-8-41-27-16-18-29(19-17-27)42(38,39)35(26-14-12-23(2)13-15-26)22-30(36)34(24(3)31(37)33-32(4,5)6)21-25-10-9-11-28(20-25)40-7/h9-20,24H,8,21-22H2,1-7H3,(H,33,37)/t24-/m1/s1. The lowest BCUT2D eigenvalue weighted by Gasteiger charge is -2.33. The number of methoxy groups -OCH3 is 1. The largest absolute Gasteiger partial charge is 0.497 e. The molecule has 3 aromatic rings. The highest BCUT2D eigenvalue weighted by Crippen LogP contribution is 2.27. The molecule has 2 amide bonds. The van der Waals surface area contributed by atoms with Crippen molar-refractivity contribution in [2.45, 2.75) is 64.6 Å². The fourth-order valence-corrected chi connectivity index (χ4v) is 5.68. The fraction of sp³-hybridized carbons (Fsp3) is 0.375. The van der Waals surface area contributed by atoms with Crippen molar-refractivity contribution in [3.63, 3.8) is 0 Å². The van der Waals surface area contributed by atoms with E-state index in [1.165, 1.54) is 17.0 Å². The van der Waals surface area contributed by atoms with Crippen molar-refractivity contribution in [1.82, 2.24) is 10.2 Å². The molecule has 3 aromatic carbocycles. The fourth-order valence-electron chi connectivity index (χ4n) is 4.27. The van der Waals surface area contributed by atoms with Gasteiger partial charge in [0.1, 0.15) is 24.1 Å². The molecular formula is C32H41N3O6S. The Hall–Kier alpha value is -4.05. The number of nitrogens with one attached hydrogen (secondary N) is 1. The van der Waals surface area contributed by atoms with Gasteiger partial charge in [0.25, 0.3) is 10.0 Å². The van der Waals surface area contributed by atoms with Crippen molar-refractivity contribution >= 4 is 27.5 Å². The van der Waals surface area contributed by atoms with Gasteiger partial charge in [0.05, 0.1) is 24.3 Å². The topological polar surface area (TPSA) is 105 Å². The van der Waals surface area contributed by atoms with E-state index < -0.39 is 34.1 Å². The Morgan fingerprint density at radius 1 is 0.952 bits per heavy atom. The number of sulfonamides is 1. The molecule has 0 saturated carbocycles. The van der Waals surface area contributed by atoms with Gasteiger partial charge in [0, 0.05) is 12.1 Å². The smallest absolute Gasteiger partial charge is 0.264 e. The second-order valence-corrected chi connectivity index (χ2v) is 12.9. The van der Waals surface area contributed by atoms with Gasteiger partial charge in [-0.3, -0.25) is 13.9 Å². The first-order chi connectivity index (χ1) is 19.7. The van der Waals surface area contributed by atoms with E-state index in [-0.39, 0.29) is 17.3 Å². The van der Waals surface area contributed by atoms with Crippen molar-refractivity contribution in [3.8, 4) is 11.5 Å². The SMILES string of the molecule is CCOc1ccc(S(=O)(=O)N(CC(=O)N(Cc2cccc(OC)c2)[C@H](C)C(=O)NC(C)(C)C)c2ccc(C)cc2)cc1. The van der Waals surface area contributed by atoms with Crippen molar-refractivity contribution in [3.05, 3.63) is 83.9 Å². The van der Waals surface area contributed by atoms with Crippen molar-refractivity contribution in [1.29, 1.82) is 0 Å². The van der Waals surface area contributed by atoms with E-state index in [2.05, 4.69) is 5.32 Å². The molecule has 1 atom stereocenters. The van der Waals surface area contributed by atoms with Crippen molar-refractivity contribution in [2.24, 2.45) is 0 Å². The first kappa shape index (κ1) is 32.5. The first-order valence-corrected chi connectivity index (χ1v) is 15.3. The van der Waals surface area contributed by atoms with Crippen LogP contribution in [0.3, 0.4) is 0 Å². The second kappa shape index (κ2) is 13.7. The minimum Gasteiger partial charge on any atom is -0.497 e. The van der Waals surface area contributed by atoms with E-state index in [9.17, 15) is 18.0 Å². The van der Waals surface area contributed by atoms with E-state index in [1.54, 1.807) is 68.6 Å². The summed E-state index contributed by atoms with van der Waals surface area (Å²) in [6.07, 6.45) is 0.